The molecule has 2 aromatic rings. The van der Waals surface area contributed by atoms with E-state index in [4.69, 9.17) is 5.73 Å². The highest BCUT2D eigenvalue weighted by molar-refractivity contribution is 5.92. The smallest absolute Gasteiger partial charge is 0.248 e. The Morgan fingerprint density at radius 2 is 2.00 bits per heavy atom. The Morgan fingerprint density at radius 1 is 1.33 bits per heavy atom. The second-order valence-corrected chi connectivity index (χ2v) is 3.15. The summed E-state index contributed by atoms with van der Waals surface area (Å²) in [6.45, 7) is 1.81. The molecule has 2 N–H and O–H groups in total. The van der Waals surface area contributed by atoms with E-state index in [2.05, 4.69) is 10.1 Å². The van der Waals surface area contributed by atoms with Crippen LogP contribution in [0.1, 0.15) is 16.2 Å². The van der Waals surface area contributed by atoms with Crippen molar-refractivity contribution in [1.29, 1.82) is 0 Å². The van der Waals surface area contributed by atoms with Crippen LogP contribution >= 0.6 is 0 Å². The number of aryl methyl sites for hydroxylation is 1. The zero-order chi connectivity index (χ0) is 10.8. The van der Waals surface area contributed by atoms with E-state index >= 15 is 0 Å². The molecule has 0 atom stereocenters. The molecule has 2 rings (SSSR count). The largest absolute Gasteiger partial charge is 0.366 e. The van der Waals surface area contributed by atoms with Gasteiger partial charge in [-0.2, -0.15) is 5.10 Å². The van der Waals surface area contributed by atoms with Crippen molar-refractivity contribution in [2.45, 2.75) is 6.92 Å². The maximum atomic E-state index is 10.8. The standard InChI is InChI=1S/C10H10N4O/c1-7-12-6-14(13-7)9-4-2-8(3-5-9)10(11)15/h2-6H,1H3,(H2,11,15). The molecule has 1 amide bonds. The molecule has 0 fully saturated rings. The van der Waals surface area contributed by atoms with Crippen LogP contribution in [0.25, 0.3) is 5.69 Å². The van der Waals surface area contributed by atoms with E-state index in [0.29, 0.717) is 11.4 Å². The zero-order valence-electron chi connectivity index (χ0n) is 8.21. The predicted molar refractivity (Wildman–Crippen MR) is 54.6 cm³/mol. The van der Waals surface area contributed by atoms with E-state index < -0.39 is 5.91 Å². The Labute approximate surface area is 86.5 Å². The first-order valence-corrected chi connectivity index (χ1v) is 4.45. The van der Waals surface area contributed by atoms with E-state index in [0.717, 1.165) is 5.69 Å². The average molecular weight is 202 g/mol. The Balaban J connectivity index is 2.35. The van der Waals surface area contributed by atoms with Gasteiger partial charge >= 0.3 is 0 Å². The van der Waals surface area contributed by atoms with Crippen LogP contribution in [-0.2, 0) is 0 Å². The van der Waals surface area contributed by atoms with Crippen LogP contribution < -0.4 is 5.73 Å². The number of hydrogen-bond donors (Lipinski definition) is 1. The fourth-order valence-corrected chi connectivity index (χ4v) is 1.25. The monoisotopic (exact) mass is 202 g/mol. The molecule has 76 valence electrons. The molecule has 0 spiro atoms. The van der Waals surface area contributed by atoms with Crippen molar-refractivity contribution in [3.05, 3.63) is 42.0 Å². The third-order valence-electron chi connectivity index (χ3n) is 2.02. The van der Waals surface area contributed by atoms with E-state index in [1.165, 1.54) is 0 Å². The molecule has 0 radical (unpaired) electrons. The quantitative estimate of drug-likeness (QED) is 0.778. The number of carbonyl (C=O) groups is 1. The van der Waals surface area contributed by atoms with Gasteiger partial charge in [0.15, 0.2) is 0 Å². The normalized spacial score (nSPS) is 10.2. The molecule has 1 heterocycles. The van der Waals surface area contributed by atoms with Crippen LogP contribution in [-0.4, -0.2) is 20.7 Å². The molecule has 0 bridgehead atoms. The minimum Gasteiger partial charge on any atom is -0.366 e. The molecular weight excluding hydrogens is 192 g/mol. The highest BCUT2D eigenvalue weighted by Gasteiger charge is 2.02. The average Bonchev–Trinajstić information content (AvgIpc) is 2.65. The molecule has 1 aromatic heterocycles. The van der Waals surface area contributed by atoms with E-state index in [1.54, 1.807) is 35.3 Å². The molecule has 0 aliphatic heterocycles. The zero-order valence-corrected chi connectivity index (χ0v) is 8.21. The highest BCUT2D eigenvalue weighted by atomic mass is 16.1. The van der Waals surface area contributed by atoms with Crippen LogP contribution in [0.2, 0.25) is 0 Å². The summed E-state index contributed by atoms with van der Waals surface area (Å²) in [5.41, 5.74) is 6.46. The summed E-state index contributed by atoms with van der Waals surface area (Å²) in [4.78, 5) is 14.9. The van der Waals surface area contributed by atoms with Crippen LogP contribution in [0.5, 0.6) is 0 Å². The van der Waals surface area contributed by atoms with Gasteiger partial charge in [0.1, 0.15) is 12.2 Å². The molecule has 1 aromatic carbocycles. The van der Waals surface area contributed by atoms with Crippen molar-refractivity contribution < 1.29 is 4.79 Å². The van der Waals surface area contributed by atoms with Gasteiger partial charge in [-0.1, -0.05) is 0 Å². The van der Waals surface area contributed by atoms with Crippen LogP contribution in [0.4, 0.5) is 0 Å². The predicted octanol–water partition coefficient (Wildman–Crippen LogP) is 0.675. The van der Waals surface area contributed by atoms with Crippen molar-refractivity contribution in [2.24, 2.45) is 5.73 Å². The van der Waals surface area contributed by atoms with Gasteiger partial charge in [-0.3, -0.25) is 4.79 Å². The topological polar surface area (TPSA) is 73.8 Å². The van der Waals surface area contributed by atoms with Crippen molar-refractivity contribution in [3.8, 4) is 5.69 Å². The maximum absolute atomic E-state index is 10.8. The lowest BCUT2D eigenvalue weighted by Gasteiger charge is -2.00. The molecule has 0 saturated heterocycles. The van der Waals surface area contributed by atoms with Gasteiger partial charge in [-0.25, -0.2) is 9.67 Å². The lowest BCUT2D eigenvalue weighted by molar-refractivity contribution is 0.100. The number of rotatable bonds is 2. The van der Waals surface area contributed by atoms with Crippen molar-refractivity contribution >= 4 is 5.91 Å². The van der Waals surface area contributed by atoms with E-state index in [1.807, 2.05) is 6.92 Å². The number of hydrogen-bond acceptors (Lipinski definition) is 3. The lowest BCUT2D eigenvalue weighted by atomic mass is 10.2. The number of aromatic nitrogens is 3. The number of nitrogens with zero attached hydrogens (tertiary/aromatic N) is 3. The van der Waals surface area contributed by atoms with Gasteiger partial charge in [0.2, 0.25) is 5.91 Å². The van der Waals surface area contributed by atoms with Crippen molar-refractivity contribution in [1.82, 2.24) is 14.8 Å². The Bertz CT molecular complexity index is 486. The fraction of sp³-hybridized carbons (Fsp3) is 0.100. The van der Waals surface area contributed by atoms with Gasteiger partial charge < -0.3 is 5.73 Å². The SMILES string of the molecule is Cc1ncn(-c2ccc(C(N)=O)cc2)n1. The minimum absolute atomic E-state index is 0.434. The maximum Gasteiger partial charge on any atom is 0.248 e. The molecule has 0 aliphatic carbocycles. The second kappa shape index (κ2) is 3.53. The molecule has 0 aliphatic rings. The number of primary amides is 1. The highest BCUT2D eigenvalue weighted by Crippen LogP contribution is 2.07. The summed E-state index contributed by atoms with van der Waals surface area (Å²) >= 11 is 0. The number of nitrogens with two attached hydrogens (primary N) is 1. The summed E-state index contributed by atoms with van der Waals surface area (Å²) in [5.74, 6) is 0.269. The van der Waals surface area contributed by atoms with Crippen molar-refractivity contribution in [3.63, 3.8) is 0 Å². The van der Waals surface area contributed by atoms with Gasteiger partial charge in [-0.15, -0.1) is 0 Å². The molecule has 5 nitrogen and oxygen atoms in total. The Morgan fingerprint density at radius 3 is 2.47 bits per heavy atom. The van der Waals surface area contributed by atoms with E-state index in [-0.39, 0.29) is 0 Å². The summed E-state index contributed by atoms with van der Waals surface area (Å²) < 4.78 is 1.64. The van der Waals surface area contributed by atoms with Crippen LogP contribution in [0.3, 0.4) is 0 Å². The van der Waals surface area contributed by atoms with Gasteiger partial charge in [-0.05, 0) is 31.2 Å². The Hall–Kier alpha value is -2.17. The van der Waals surface area contributed by atoms with E-state index in [9.17, 15) is 4.79 Å². The summed E-state index contributed by atoms with van der Waals surface area (Å²) in [5, 5.41) is 4.14. The third-order valence-corrected chi connectivity index (χ3v) is 2.02. The minimum atomic E-state index is -0.434. The lowest BCUT2D eigenvalue weighted by Crippen LogP contribution is -2.10. The summed E-state index contributed by atoms with van der Waals surface area (Å²) in [6, 6.07) is 6.87. The molecule has 0 saturated carbocycles. The summed E-state index contributed by atoms with van der Waals surface area (Å²) in [6.07, 6.45) is 1.62. The number of amides is 1. The first-order valence-electron chi connectivity index (χ1n) is 4.45. The fourth-order valence-electron chi connectivity index (χ4n) is 1.25. The molecule has 15 heavy (non-hydrogen) atoms. The van der Waals surface area contributed by atoms with Gasteiger partial charge in [0.25, 0.3) is 0 Å². The van der Waals surface area contributed by atoms with Gasteiger partial charge in [0.05, 0.1) is 5.69 Å². The van der Waals surface area contributed by atoms with Crippen LogP contribution in [0, 0.1) is 6.92 Å². The first kappa shape index (κ1) is 9.39. The molecule has 5 heteroatoms. The molecule has 0 unspecified atom stereocenters. The third kappa shape index (κ3) is 1.85. The van der Waals surface area contributed by atoms with Gasteiger partial charge in [0, 0.05) is 5.56 Å². The summed E-state index contributed by atoms with van der Waals surface area (Å²) in [7, 11) is 0. The first-order chi connectivity index (χ1) is 7.16. The van der Waals surface area contributed by atoms with Crippen LogP contribution in [0.15, 0.2) is 30.6 Å². The second-order valence-electron chi connectivity index (χ2n) is 3.15. The Kier molecular flexibility index (Phi) is 2.21. The number of benzene rings is 1. The molecular formula is C10H10N4O. The number of carbonyl (C=O) groups excluding carboxylic acids is 1. The van der Waals surface area contributed by atoms with Crippen molar-refractivity contribution in [2.75, 3.05) is 0 Å².